The largest absolute Gasteiger partial charge is 0.493 e. The number of carbonyl (C=O) groups is 2. The van der Waals surface area contributed by atoms with Gasteiger partial charge in [-0.15, -0.1) is 0 Å². The van der Waals surface area contributed by atoms with Gasteiger partial charge in [-0.3, -0.25) is 9.59 Å². The summed E-state index contributed by atoms with van der Waals surface area (Å²) >= 11 is 0. The van der Waals surface area contributed by atoms with E-state index in [-0.39, 0.29) is 18.1 Å². The molecule has 0 radical (unpaired) electrons. The molecule has 1 saturated heterocycles. The Balaban J connectivity index is 2.01. The third-order valence-electron chi connectivity index (χ3n) is 4.48. The van der Waals surface area contributed by atoms with Gasteiger partial charge in [0.1, 0.15) is 11.6 Å². The maximum absolute atomic E-state index is 12.1. The number of carbonyl (C=O) groups excluding carboxylic acids is 2. The van der Waals surface area contributed by atoms with Crippen molar-refractivity contribution in [2.45, 2.75) is 19.3 Å². The quantitative estimate of drug-likeness (QED) is 0.364. The summed E-state index contributed by atoms with van der Waals surface area (Å²) in [5, 5.41) is 12.0. The van der Waals surface area contributed by atoms with Crippen molar-refractivity contribution in [2.24, 2.45) is 0 Å². The number of rotatable bonds is 10. The predicted molar refractivity (Wildman–Crippen MR) is 107 cm³/mol. The number of amides is 2. The van der Waals surface area contributed by atoms with Gasteiger partial charge in [-0.05, 0) is 43.0 Å². The second-order valence-electron chi connectivity index (χ2n) is 6.56. The number of benzene rings is 1. The van der Waals surface area contributed by atoms with Gasteiger partial charge >= 0.3 is 0 Å². The fourth-order valence-corrected chi connectivity index (χ4v) is 2.92. The van der Waals surface area contributed by atoms with Crippen LogP contribution in [-0.2, 0) is 14.3 Å². The Morgan fingerprint density at radius 2 is 2.00 bits per heavy atom. The molecule has 0 aromatic heterocycles. The minimum atomic E-state index is -0.445. The summed E-state index contributed by atoms with van der Waals surface area (Å²) in [7, 11) is 3.08. The smallest absolute Gasteiger partial charge is 0.261 e. The van der Waals surface area contributed by atoms with Gasteiger partial charge in [0, 0.05) is 33.4 Å². The highest BCUT2D eigenvalue weighted by atomic mass is 16.5. The van der Waals surface area contributed by atoms with E-state index in [1.54, 1.807) is 30.2 Å². The molecule has 156 valence electrons. The number of hydrogen-bond donors (Lipinski definition) is 1. The molecule has 1 fully saturated rings. The summed E-state index contributed by atoms with van der Waals surface area (Å²) in [5.74, 6) is 0.357. The van der Waals surface area contributed by atoms with Crippen LogP contribution in [0.15, 0.2) is 23.8 Å². The molecule has 2 amide bonds. The van der Waals surface area contributed by atoms with Gasteiger partial charge in [-0.1, -0.05) is 6.07 Å². The van der Waals surface area contributed by atoms with Gasteiger partial charge in [0.2, 0.25) is 0 Å². The fourth-order valence-electron chi connectivity index (χ4n) is 2.92. The lowest BCUT2D eigenvalue weighted by Crippen LogP contribution is -2.32. The maximum atomic E-state index is 12.1. The van der Waals surface area contributed by atoms with Crippen LogP contribution >= 0.6 is 0 Å². The molecular formula is C21H27N3O5. The third kappa shape index (κ3) is 6.80. The monoisotopic (exact) mass is 401 g/mol. The maximum Gasteiger partial charge on any atom is 0.261 e. The highest BCUT2D eigenvalue weighted by Crippen LogP contribution is 2.29. The van der Waals surface area contributed by atoms with Crippen molar-refractivity contribution in [3.05, 3.63) is 29.3 Å². The van der Waals surface area contributed by atoms with Gasteiger partial charge in [0.15, 0.2) is 18.1 Å². The van der Waals surface area contributed by atoms with E-state index < -0.39 is 5.91 Å². The molecule has 0 bridgehead atoms. The van der Waals surface area contributed by atoms with Crippen LogP contribution in [0, 0.1) is 11.3 Å². The normalized spacial score (nSPS) is 13.7. The molecular weight excluding hydrogens is 374 g/mol. The van der Waals surface area contributed by atoms with Crippen LogP contribution in [0.25, 0.3) is 6.08 Å². The van der Waals surface area contributed by atoms with Crippen LogP contribution < -0.4 is 14.8 Å². The number of methoxy groups -OCH3 is 2. The third-order valence-corrected chi connectivity index (χ3v) is 4.48. The fraction of sp³-hybridized carbons (Fsp3) is 0.476. The highest BCUT2D eigenvalue weighted by Gasteiger charge is 2.19. The van der Waals surface area contributed by atoms with Crippen molar-refractivity contribution in [1.82, 2.24) is 10.2 Å². The minimum Gasteiger partial charge on any atom is -0.493 e. The summed E-state index contributed by atoms with van der Waals surface area (Å²) in [5.41, 5.74) is 0.603. The lowest BCUT2D eigenvalue weighted by Gasteiger charge is -2.16. The SMILES string of the molecule is COCCCNC(=O)/C(C#N)=C/c1ccc(OCC(=O)N2CCCC2)c(OC)c1. The predicted octanol–water partition coefficient (Wildman–Crippen LogP) is 1.76. The minimum absolute atomic E-state index is 0.0117. The summed E-state index contributed by atoms with van der Waals surface area (Å²) < 4.78 is 15.9. The van der Waals surface area contributed by atoms with Gasteiger partial charge in [-0.25, -0.2) is 0 Å². The molecule has 1 aliphatic heterocycles. The molecule has 1 aromatic carbocycles. The molecule has 8 nitrogen and oxygen atoms in total. The molecule has 0 spiro atoms. The first-order valence-electron chi connectivity index (χ1n) is 9.56. The molecule has 1 heterocycles. The van der Waals surface area contributed by atoms with Crippen LogP contribution in [0.3, 0.4) is 0 Å². The van der Waals surface area contributed by atoms with Crippen LogP contribution in [0.1, 0.15) is 24.8 Å². The molecule has 1 aliphatic rings. The zero-order valence-electron chi connectivity index (χ0n) is 16.9. The topological polar surface area (TPSA) is 101 Å². The summed E-state index contributed by atoms with van der Waals surface area (Å²) in [6.07, 6.45) is 4.19. The van der Waals surface area contributed by atoms with Crippen molar-refractivity contribution in [3.63, 3.8) is 0 Å². The van der Waals surface area contributed by atoms with E-state index in [2.05, 4.69) is 5.32 Å². The molecule has 0 saturated carbocycles. The van der Waals surface area contributed by atoms with E-state index >= 15 is 0 Å². The number of likely N-dealkylation sites (tertiary alicyclic amines) is 1. The van der Waals surface area contributed by atoms with Crippen LogP contribution in [0.2, 0.25) is 0 Å². The van der Waals surface area contributed by atoms with Crippen LogP contribution in [0.5, 0.6) is 11.5 Å². The van der Waals surface area contributed by atoms with E-state index in [9.17, 15) is 14.9 Å². The van der Waals surface area contributed by atoms with Crippen molar-refractivity contribution < 1.29 is 23.8 Å². The number of nitriles is 1. The van der Waals surface area contributed by atoms with Gasteiger partial charge < -0.3 is 24.4 Å². The molecule has 1 aromatic rings. The zero-order valence-corrected chi connectivity index (χ0v) is 16.9. The lowest BCUT2D eigenvalue weighted by atomic mass is 10.1. The molecule has 0 atom stereocenters. The van der Waals surface area contributed by atoms with Crippen molar-refractivity contribution in [3.8, 4) is 17.6 Å². The number of hydrogen-bond acceptors (Lipinski definition) is 6. The van der Waals surface area contributed by atoms with Crippen molar-refractivity contribution in [2.75, 3.05) is 47.1 Å². The van der Waals surface area contributed by atoms with Crippen LogP contribution in [0.4, 0.5) is 0 Å². The van der Waals surface area contributed by atoms with Gasteiger partial charge in [-0.2, -0.15) is 5.26 Å². The Labute approximate surface area is 171 Å². The Morgan fingerprint density at radius 1 is 1.24 bits per heavy atom. The average Bonchev–Trinajstić information content (AvgIpc) is 3.28. The highest BCUT2D eigenvalue weighted by molar-refractivity contribution is 6.01. The van der Waals surface area contributed by atoms with E-state index in [1.807, 2.05) is 6.07 Å². The molecule has 29 heavy (non-hydrogen) atoms. The molecule has 2 rings (SSSR count). The Bertz CT molecular complexity index is 779. The van der Waals surface area contributed by atoms with E-state index in [4.69, 9.17) is 14.2 Å². The van der Waals surface area contributed by atoms with Crippen molar-refractivity contribution in [1.29, 1.82) is 5.26 Å². The summed E-state index contributed by atoms with van der Waals surface area (Å²) in [6.45, 7) is 2.44. The number of ether oxygens (including phenoxy) is 3. The summed E-state index contributed by atoms with van der Waals surface area (Å²) in [6, 6.07) is 6.93. The Morgan fingerprint density at radius 3 is 2.66 bits per heavy atom. The molecule has 1 N–H and O–H groups in total. The van der Waals surface area contributed by atoms with E-state index in [0.717, 1.165) is 25.9 Å². The first-order valence-corrected chi connectivity index (χ1v) is 9.56. The Hall–Kier alpha value is -3.05. The number of nitrogens with zero attached hydrogens (tertiary/aromatic N) is 2. The number of nitrogens with one attached hydrogen (secondary N) is 1. The van der Waals surface area contributed by atoms with Gasteiger partial charge in [0.25, 0.3) is 11.8 Å². The van der Waals surface area contributed by atoms with Gasteiger partial charge in [0.05, 0.1) is 7.11 Å². The molecule has 8 heteroatoms. The second-order valence-corrected chi connectivity index (χ2v) is 6.56. The lowest BCUT2D eigenvalue weighted by molar-refractivity contribution is -0.132. The average molecular weight is 401 g/mol. The second kappa shape index (κ2) is 11.7. The first kappa shape index (κ1) is 22.2. The Kier molecular flexibility index (Phi) is 8.99. The zero-order chi connectivity index (χ0) is 21.1. The molecule has 0 aliphatic carbocycles. The molecule has 0 unspecified atom stereocenters. The standard InChI is InChI=1S/C21H27N3O5/c1-27-11-5-8-23-21(26)17(14-22)12-16-6-7-18(19(13-16)28-2)29-15-20(25)24-9-3-4-10-24/h6-7,12-13H,3-5,8-11,15H2,1-2H3,(H,23,26)/b17-12+. The van der Waals surface area contributed by atoms with Crippen LogP contribution in [-0.4, -0.2) is 63.8 Å². The van der Waals surface area contributed by atoms with E-state index in [1.165, 1.54) is 13.2 Å². The van der Waals surface area contributed by atoms with Crippen molar-refractivity contribution >= 4 is 17.9 Å². The summed E-state index contributed by atoms with van der Waals surface area (Å²) in [4.78, 5) is 26.0. The first-order chi connectivity index (χ1) is 14.1. The van der Waals surface area contributed by atoms with E-state index in [0.29, 0.717) is 36.6 Å².